The number of aliphatic imine (C=N–C) groups is 1. The molecule has 0 saturated heterocycles. The number of hydrogen-bond donors (Lipinski definition) is 2. The zero-order valence-corrected chi connectivity index (χ0v) is 10.8. The smallest absolute Gasteiger partial charge is 0.306 e. The van der Waals surface area contributed by atoms with E-state index in [1.807, 2.05) is 0 Å². The number of carboxylic acids is 1. The lowest BCUT2D eigenvalue weighted by molar-refractivity contribution is -0.143. The van der Waals surface area contributed by atoms with Gasteiger partial charge < -0.3 is 10.4 Å². The Labute approximate surface area is 108 Å². The maximum atomic E-state index is 11.1. The number of nitrogens with zero attached hydrogens (tertiary/aromatic N) is 1. The van der Waals surface area contributed by atoms with E-state index in [4.69, 9.17) is 10.1 Å². The number of hydrogen-bond acceptors (Lipinski definition) is 3. The van der Waals surface area contributed by atoms with Gasteiger partial charge in [-0.15, -0.1) is 0 Å². The minimum Gasteiger partial charge on any atom is -0.481 e. The molecular formula is C14H22N2O2. The van der Waals surface area contributed by atoms with Crippen LogP contribution in [0.1, 0.15) is 51.4 Å². The number of amidine groups is 1. The normalized spacial score (nSPS) is 36.7. The summed E-state index contributed by atoms with van der Waals surface area (Å²) in [6, 6.07) is 0.634. The van der Waals surface area contributed by atoms with E-state index in [0.29, 0.717) is 12.0 Å². The summed E-state index contributed by atoms with van der Waals surface area (Å²) in [4.78, 5) is 15.9. The highest BCUT2D eigenvalue weighted by atomic mass is 16.4. The zero-order valence-electron chi connectivity index (χ0n) is 10.8. The number of nitrogens with one attached hydrogen (secondary N) is 1. The van der Waals surface area contributed by atoms with Gasteiger partial charge in [0.1, 0.15) is 5.84 Å². The molecule has 0 spiro atoms. The Hall–Kier alpha value is -1.06. The monoisotopic (exact) mass is 250 g/mol. The van der Waals surface area contributed by atoms with Crippen molar-refractivity contribution in [1.29, 1.82) is 0 Å². The third-order valence-electron chi connectivity index (χ3n) is 4.79. The van der Waals surface area contributed by atoms with Crippen LogP contribution in [0.5, 0.6) is 0 Å². The Morgan fingerprint density at radius 1 is 1.17 bits per heavy atom. The minimum absolute atomic E-state index is 0.167. The SMILES string of the molecule is O=C(O)C1CCC2N=C(C3CCCCC3)NC2C1. The summed E-state index contributed by atoms with van der Waals surface area (Å²) in [5.41, 5.74) is 0. The van der Waals surface area contributed by atoms with Gasteiger partial charge in [-0.05, 0) is 32.1 Å². The van der Waals surface area contributed by atoms with Crippen molar-refractivity contribution < 1.29 is 9.90 Å². The standard InChI is InChI=1S/C14H22N2O2/c17-14(18)10-6-7-11-12(8-10)16-13(15-11)9-4-2-1-3-5-9/h9-12H,1-8H2,(H,15,16)(H,17,18). The molecule has 2 N–H and O–H groups in total. The molecule has 2 fully saturated rings. The number of carboxylic acid groups (broad SMARTS) is 1. The number of fused-ring (bicyclic) bond motifs is 1. The van der Waals surface area contributed by atoms with Crippen LogP contribution in [0.4, 0.5) is 0 Å². The first-order chi connectivity index (χ1) is 8.74. The van der Waals surface area contributed by atoms with Gasteiger partial charge in [0.05, 0.1) is 18.0 Å². The van der Waals surface area contributed by atoms with Crippen LogP contribution in [0, 0.1) is 11.8 Å². The van der Waals surface area contributed by atoms with Crippen molar-refractivity contribution in [3.8, 4) is 0 Å². The van der Waals surface area contributed by atoms with Gasteiger partial charge in [0, 0.05) is 5.92 Å². The van der Waals surface area contributed by atoms with Gasteiger partial charge in [0.15, 0.2) is 0 Å². The molecule has 0 aromatic carbocycles. The molecule has 1 heterocycles. The lowest BCUT2D eigenvalue weighted by Gasteiger charge is -2.28. The molecule has 3 rings (SSSR count). The lowest BCUT2D eigenvalue weighted by atomic mass is 9.83. The summed E-state index contributed by atoms with van der Waals surface area (Å²) in [6.07, 6.45) is 8.99. The van der Waals surface area contributed by atoms with Crippen molar-refractivity contribution in [3.63, 3.8) is 0 Å². The molecule has 3 aliphatic rings. The molecule has 0 aromatic rings. The van der Waals surface area contributed by atoms with Crippen molar-refractivity contribution in [1.82, 2.24) is 5.32 Å². The van der Waals surface area contributed by atoms with Crippen molar-refractivity contribution in [2.75, 3.05) is 0 Å². The highest BCUT2D eigenvalue weighted by molar-refractivity contribution is 5.87. The van der Waals surface area contributed by atoms with E-state index >= 15 is 0 Å². The van der Waals surface area contributed by atoms with Crippen LogP contribution >= 0.6 is 0 Å². The Morgan fingerprint density at radius 2 is 1.94 bits per heavy atom. The van der Waals surface area contributed by atoms with Crippen molar-refractivity contribution in [3.05, 3.63) is 0 Å². The molecular weight excluding hydrogens is 228 g/mol. The molecule has 1 aliphatic heterocycles. The minimum atomic E-state index is -0.638. The molecule has 3 atom stereocenters. The summed E-state index contributed by atoms with van der Waals surface area (Å²) in [6.45, 7) is 0. The molecule has 100 valence electrons. The van der Waals surface area contributed by atoms with Crippen LogP contribution in [-0.2, 0) is 4.79 Å². The fourth-order valence-corrected chi connectivity index (χ4v) is 3.69. The van der Waals surface area contributed by atoms with E-state index in [0.717, 1.165) is 19.3 Å². The Morgan fingerprint density at radius 3 is 2.67 bits per heavy atom. The van der Waals surface area contributed by atoms with E-state index in [1.54, 1.807) is 0 Å². The van der Waals surface area contributed by atoms with Crippen LogP contribution in [-0.4, -0.2) is 29.0 Å². The average Bonchev–Trinajstić information content (AvgIpc) is 2.82. The fourth-order valence-electron chi connectivity index (χ4n) is 3.69. The molecule has 18 heavy (non-hydrogen) atoms. The predicted molar refractivity (Wildman–Crippen MR) is 69.7 cm³/mol. The van der Waals surface area contributed by atoms with Gasteiger partial charge in [-0.3, -0.25) is 9.79 Å². The van der Waals surface area contributed by atoms with Gasteiger partial charge >= 0.3 is 5.97 Å². The van der Waals surface area contributed by atoms with E-state index in [9.17, 15) is 4.79 Å². The number of rotatable bonds is 2. The summed E-state index contributed by atoms with van der Waals surface area (Å²) >= 11 is 0. The molecule has 2 aliphatic carbocycles. The molecule has 0 bridgehead atoms. The highest BCUT2D eigenvalue weighted by Crippen LogP contribution is 2.33. The Kier molecular flexibility index (Phi) is 3.27. The lowest BCUT2D eigenvalue weighted by Crippen LogP contribution is -2.42. The quantitative estimate of drug-likeness (QED) is 0.789. The maximum absolute atomic E-state index is 11.1. The Balaban J connectivity index is 1.63. The second-order valence-corrected chi connectivity index (χ2v) is 6.02. The summed E-state index contributed by atoms with van der Waals surface area (Å²) in [7, 11) is 0. The number of aliphatic carboxylic acids is 1. The number of carbonyl (C=O) groups is 1. The van der Waals surface area contributed by atoms with Gasteiger partial charge in [0.2, 0.25) is 0 Å². The van der Waals surface area contributed by atoms with Crippen LogP contribution in [0.25, 0.3) is 0 Å². The van der Waals surface area contributed by atoms with E-state index in [2.05, 4.69) is 5.32 Å². The largest absolute Gasteiger partial charge is 0.481 e. The molecule has 2 saturated carbocycles. The fraction of sp³-hybridized carbons (Fsp3) is 0.857. The molecule has 0 radical (unpaired) electrons. The molecule has 0 amide bonds. The van der Waals surface area contributed by atoms with Crippen LogP contribution < -0.4 is 5.32 Å². The maximum Gasteiger partial charge on any atom is 0.306 e. The van der Waals surface area contributed by atoms with E-state index < -0.39 is 5.97 Å². The van der Waals surface area contributed by atoms with Crippen LogP contribution in [0.3, 0.4) is 0 Å². The predicted octanol–water partition coefficient (Wildman–Crippen LogP) is 2.19. The van der Waals surface area contributed by atoms with Gasteiger partial charge in [-0.2, -0.15) is 0 Å². The van der Waals surface area contributed by atoms with Crippen molar-refractivity contribution in [2.24, 2.45) is 16.8 Å². The zero-order chi connectivity index (χ0) is 12.5. The third kappa shape index (κ3) is 2.25. The third-order valence-corrected chi connectivity index (χ3v) is 4.79. The summed E-state index contributed by atoms with van der Waals surface area (Å²) < 4.78 is 0. The molecule has 4 heteroatoms. The van der Waals surface area contributed by atoms with Gasteiger partial charge in [-0.25, -0.2) is 0 Å². The van der Waals surface area contributed by atoms with Crippen molar-refractivity contribution in [2.45, 2.75) is 63.5 Å². The van der Waals surface area contributed by atoms with Gasteiger partial charge in [0.25, 0.3) is 0 Å². The Bertz CT molecular complexity index is 361. The first-order valence-electron chi connectivity index (χ1n) is 7.31. The van der Waals surface area contributed by atoms with Crippen molar-refractivity contribution >= 4 is 11.8 Å². The van der Waals surface area contributed by atoms with Crippen LogP contribution in [0.2, 0.25) is 0 Å². The average molecular weight is 250 g/mol. The molecule has 4 nitrogen and oxygen atoms in total. The van der Waals surface area contributed by atoms with Gasteiger partial charge in [-0.1, -0.05) is 19.3 Å². The van der Waals surface area contributed by atoms with E-state index in [-0.39, 0.29) is 12.0 Å². The van der Waals surface area contributed by atoms with E-state index in [1.165, 1.54) is 37.9 Å². The first kappa shape index (κ1) is 12.0. The van der Waals surface area contributed by atoms with Crippen LogP contribution in [0.15, 0.2) is 4.99 Å². The molecule has 3 unspecified atom stereocenters. The highest BCUT2D eigenvalue weighted by Gasteiger charge is 2.39. The second-order valence-electron chi connectivity index (χ2n) is 6.02. The second kappa shape index (κ2) is 4.90. The molecule has 0 aromatic heterocycles. The topological polar surface area (TPSA) is 61.7 Å². The summed E-state index contributed by atoms with van der Waals surface area (Å²) in [5.74, 6) is 1.00. The summed E-state index contributed by atoms with van der Waals surface area (Å²) in [5, 5.41) is 12.6. The first-order valence-corrected chi connectivity index (χ1v) is 7.31.